The fourth-order valence-electron chi connectivity index (χ4n) is 1.74. The minimum atomic E-state index is -0.666. The Balaban J connectivity index is 2.19. The van der Waals surface area contributed by atoms with Crippen LogP contribution in [0.3, 0.4) is 0 Å². The molecule has 0 saturated heterocycles. The summed E-state index contributed by atoms with van der Waals surface area (Å²) in [5.41, 5.74) is 11.1. The Bertz CT molecular complexity index is 589. The van der Waals surface area contributed by atoms with Crippen LogP contribution >= 0.6 is 0 Å². The molecule has 2 rings (SSSR count). The second kappa shape index (κ2) is 5.82. The van der Waals surface area contributed by atoms with Gasteiger partial charge in [0.25, 0.3) is 0 Å². The molecule has 4 heteroatoms. The zero-order valence-electron chi connectivity index (χ0n) is 10.6. The molecule has 0 heterocycles. The summed E-state index contributed by atoms with van der Waals surface area (Å²) in [6, 6.07) is 17.4. The zero-order valence-corrected chi connectivity index (χ0v) is 10.6. The van der Waals surface area contributed by atoms with Crippen LogP contribution in [-0.4, -0.2) is 11.7 Å². The number of nitrogens with one attached hydrogen (secondary N) is 1. The maximum atomic E-state index is 10.6. The molecule has 19 heavy (non-hydrogen) atoms. The number of nitrogens with zero attached hydrogens (tertiary/aromatic N) is 1. The second-order valence-corrected chi connectivity index (χ2v) is 4.12. The second-order valence-electron chi connectivity index (χ2n) is 4.12. The summed E-state index contributed by atoms with van der Waals surface area (Å²) in [5.74, 6) is 0. The molecule has 2 aromatic carbocycles. The summed E-state index contributed by atoms with van der Waals surface area (Å²) in [4.78, 5) is 10.6. The molecular weight excluding hydrogens is 238 g/mol. The molecule has 3 N–H and O–H groups in total. The third-order valence-electron chi connectivity index (χ3n) is 2.74. The molecule has 0 aliphatic heterocycles. The van der Waals surface area contributed by atoms with Crippen LogP contribution in [0.4, 0.5) is 4.79 Å². The van der Waals surface area contributed by atoms with Crippen LogP contribution in [0.15, 0.2) is 59.7 Å². The molecule has 0 aliphatic carbocycles. The first kappa shape index (κ1) is 12.8. The lowest BCUT2D eigenvalue weighted by molar-refractivity contribution is 0.249. The van der Waals surface area contributed by atoms with E-state index in [1.165, 1.54) is 5.56 Å². The molecule has 0 unspecified atom stereocenters. The van der Waals surface area contributed by atoms with Crippen LogP contribution in [0.5, 0.6) is 0 Å². The number of rotatable bonds is 3. The summed E-state index contributed by atoms with van der Waals surface area (Å²) in [7, 11) is 0. The highest BCUT2D eigenvalue weighted by atomic mass is 16.2. The van der Waals surface area contributed by atoms with Gasteiger partial charge in [-0.3, -0.25) is 0 Å². The van der Waals surface area contributed by atoms with E-state index in [0.717, 1.165) is 11.1 Å². The Morgan fingerprint density at radius 1 is 1.00 bits per heavy atom. The Morgan fingerprint density at radius 2 is 1.58 bits per heavy atom. The van der Waals surface area contributed by atoms with Gasteiger partial charge in [-0.05, 0) is 23.6 Å². The number of hydrogen-bond acceptors (Lipinski definition) is 2. The number of hydrazone groups is 1. The lowest BCUT2D eigenvalue weighted by Crippen LogP contribution is -2.25. The molecule has 2 amide bonds. The molecule has 0 bridgehead atoms. The van der Waals surface area contributed by atoms with E-state index in [9.17, 15) is 4.79 Å². The van der Waals surface area contributed by atoms with Crippen molar-refractivity contribution < 1.29 is 4.79 Å². The van der Waals surface area contributed by atoms with Crippen molar-refractivity contribution in [2.24, 2.45) is 10.8 Å². The summed E-state index contributed by atoms with van der Waals surface area (Å²) in [6.07, 6.45) is 0. The summed E-state index contributed by atoms with van der Waals surface area (Å²) >= 11 is 0. The van der Waals surface area contributed by atoms with E-state index in [0.29, 0.717) is 5.71 Å². The lowest BCUT2D eigenvalue weighted by Gasteiger charge is -2.04. The third-order valence-corrected chi connectivity index (χ3v) is 2.74. The van der Waals surface area contributed by atoms with Gasteiger partial charge in [-0.15, -0.1) is 0 Å². The van der Waals surface area contributed by atoms with Gasteiger partial charge in [0.05, 0.1) is 5.71 Å². The molecule has 0 saturated carbocycles. The highest BCUT2D eigenvalue weighted by Gasteiger charge is 2.00. The number of hydrogen-bond donors (Lipinski definition) is 2. The van der Waals surface area contributed by atoms with Crippen LogP contribution in [0.25, 0.3) is 11.1 Å². The van der Waals surface area contributed by atoms with Gasteiger partial charge in [0.1, 0.15) is 0 Å². The smallest absolute Gasteiger partial charge is 0.332 e. The van der Waals surface area contributed by atoms with Gasteiger partial charge < -0.3 is 5.73 Å². The Hall–Kier alpha value is -2.62. The Kier molecular flexibility index (Phi) is 3.93. The molecule has 2 aromatic rings. The maximum Gasteiger partial charge on any atom is 0.332 e. The van der Waals surface area contributed by atoms with E-state index in [1.54, 1.807) is 0 Å². The molecular formula is C15H15N3O. The molecule has 0 radical (unpaired) electrons. The molecule has 96 valence electrons. The average Bonchev–Trinajstić information content (AvgIpc) is 2.46. The van der Waals surface area contributed by atoms with Gasteiger partial charge in [-0.25, -0.2) is 10.2 Å². The molecule has 0 aliphatic rings. The minimum absolute atomic E-state index is 0.666. The first-order chi connectivity index (χ1) is 9.16. The van der Waals surface area contributed by atoms with Gasteiger partial charge in [0.15, 0.2) is 0 Å². The normalized spacial score (nSPS) is 11.1. The first-order valence-corrected chi connectivity index (χ1v) is 5.92. The number of carbonyl (C=O) groups excluding carboxylic acids is 1. The van der Waals surface area contributed by atoms with Crippen molar-refractivity contribution >= 4 is 11.7 Å². The number of carbonyl (C=O) groups is 1. The molecule has 0 spiro atoms. The minimum Gasteiger partial charge on any atom is -0.350 e. The first-order valence-electron chi connectivity index (χ1n) is 5.92. The zero-order chi connectivity index (χ0) is 13.7. The van der Waals surface area contributed by atoms with Crippen LogP contribution in [0.1, 0.15) is 12.5 Å². The van der Waals surface area contributed by atoms with E-state index in [2.05, 4.69) is 22.7 Å². The topological polar surface area (TPSA) is 67.5 Å². The summed E-state index contributed by atoms with van der Waals surface area (Å²) < 4.78 is 0. The van der Waals surface area contributed by atoms with Crippen LogP contribution < -0.4 is 11.2 Å². The standard InChI is InChI=1S/C15H15N3O/c1-11(17-18-15(16)19)12-7-9-14(10-8-12)13-5-3-2-4-6-13/h2-10H,1H3,(H3,16,18,19). The highest BCUT2D eigenvalue weighted by molar-refractivity contribution is 5.99. The monoisotopic (exact) mass is 253 g/mol. The number of primary amides is 1. The Labute approximate surface area is 112 Å². The van der Waals surface area contributed by atoms with Gasteiger partial charge in [-0.1, -0.05) is 54.6 Å². The number of benzene rings is 2. The molecule has 0 fully saturated rings. The SMILES string of the molecule is CC(=NNC(N)=O)c1ccc(-c2ccccc2)cc1. The fraction of sp³-hybridized carbons (Fsp3) is 0.0667. The van der Waals surface area contributed by atoms with Gasteiger partial charge in [0, 0.05) is 0 Å². The summed E-state index contributed by atoms with van der Waals surface area (Å²) in [6.45, 7) is 1.81. The number of nitrogens with two attached hydrogens (primary N) is 1. The van der Waals surface area contributed by atoms with Crippen LogP contribution in [-0.2, 0) is 0 Å². The van der Waals surface area contributed by atoms with Crippen molar-refractivity contribution in [2.75, 3.05) is 0 Å². The molecule has 4 nitrogen and oxygen atoms in total. The van der Waals surface area contributed by atoms with Crippen LogP contribution in [0.2, 0.25) is 0 Å². The maximum absolute atomic E-state index is 10.6. The predicted octanol–water partition coefficient (Wildman–Crippen LogP) is 2.75. The highest BCUT2D eigenvalue weighted by Crippen LogP contribution is 2.19. The van der Waals surface area contributed by atoms with E-state index < -0.39 is 6.03 Å². The quantitative estimate of drug-likeness (QED) is 0.641. The van der Waals surface area contributed by atoms with Crippen molar-refractivity contribution in [1.82, 2.24) is 5.43 Å². The fourth-order valence-corrected chi connectivity index (χ4v) is 1.74. The average molecular weight is 253 g/mol. The van der Waals surface area contributed by atoms with Crippen molar-refractivity contribution in [3.05, 3.63) is 60.2 Å². The van der Waals surface area contributed by atoms with E-state index in [-0.39, 0.29) is 0 Å². The largest absolute Gasteiger partial charge is 0.350 e. The number of urea groups is 1. The summed E-state index contributed by atoms with van der Waals surface area (Å²) in [5, 5.41) is 3.89. The third kappa shape index (κ3) is 3.42. The Morgan fingerprint density at radius 3 is 2.16 bits per heavy atom. The predicted molar refractivity (Wildman–Crippen MR) is 76.8 cm³/mol. The van der Waals surface area contributed by atoms with Crippen molar-refractivity contribution in [2.45, 2.75) is 6.92 Å². The van der Waals surface area contributed by atoms with E-state index in [1.807, 2.05) is 49.4 Å². The van der Waals surface area contributed by atoms with Crippen molar-refractivity contribution in [3.8, 4) is 11.1 Å². The van der Waals surface area contributed by atoms with Gasteiger partial charge in [-0.2, -0.15) is 5.10 Å². The van der Waals surface area contributed by atoms with Crippen molar-refractivity contribution in [3.63, 3.8) is 0 Å². The van der Waals surface area contributed by atoms with Gasteiger partial charge in [0.2, 0.25) is 0 Å². The van der Waals surface area contributed by atoms with Gasteiger partial charge >= 0.3 is 6.03 Å². The van der Waals surface area contributed by atoms with E-state index in [4.69, 9.17) is 5.73 Å². The lowest BCUT2D eigenvalue weighted by atomic mass is 10.0. The van der Waals surface area contributed by atoms with Crippen molar-refractivity contribution in [1.29, 1.82) is 0 Å². The van der Waals surface area contributed by atoms with E-state index >= 15 is 0 Å². The molecule has 0 atom stereocenters. The molecule has 0 aromatic heterocycles. The van der Waals surface area contributed by atoms with Crippen LogP contribution in [0, 0.1) is 0 Å². The number of amides is 2.